The van der Waals surface area contributed by atoms with Crippen LogP contribution in [0.15, 0.2) is 51.8 Å². The summed E-state index contributed by atoms with van der Waals surface area (Å²) in [7, 11) is -3.59. The van der Waals surface area contributed by atoms with Gasteiger partial charge in [0.05, 0.1) is 29.3 Å². The summed E-state index contributed by atoms with van der Waals surface area (Å²) in [4.78, 5) is 15.0. The number of aryl methyl sites for hydroxylation is 1. The van der Waals surface area contributed by atoms with E-state index in [1.165, 1.54) is 0 Å². The molecule has 1 aromatic rings. The molecule has 0 spiro atoms. The van der Waals surface area contributed by atoms with Gasteiger partial charge in [-0.3, -0.25) is 14.8 Å². The third-order valence-corrected chi connectivity index (χ3v) is 8.42. The minimum atomic E-state index is -3.59. The number of likely N-dealkylation sites (tertiary alicyclic amines) is 1. The molecule has 3 aliphatic rings. The largest absolute Gasteiger partial charge is 0.325 e. The highest BCUT2D eigenvalue weighted by Crippen LogP contribution is 2.36. The van der Waals surface area contributed by atoms with E-state index in [1.54, 1.807) is 22.5 Å². The second kappa shape index (κ2) is 9.25. The summed E-state index contributed by atoms with van der Waals surface area (Å²) in [5.41, 5.74) is 2.46. The van der Waals surface area contributed by atoms with Crippen LogP contribution in [0.25, 0.3) is 0 Å². The molecule has 4 rings (SSSR count). The molecule has 166 valence electrons. The number of nitrogens with zero attached hydrogens (tertiary/aromatic N) is 3. The van der Waals surface area contributed by atoms with E-state index in [0.717, 1.165) is 36.2 Å². The number of amides is 1. The second-order valence-electron chi connectivity index (χ2n) is 8.13. The number of piperazine rings is 1. The molecule has 2 fully saturated rings. The van der Waals surface area contributed by atoms with Gasteiger partial charge in [0.2, 0.25) is 15.9 Å². The molecule has 10 heteroatoms. The van der Waals surface area contributed by atoms with Crippen LogP contribution < -0.4 is 10.5 Å². The van der Waals surface area contributed by atoms with Gasteiger partial charge in [-0.15, -0.1) is 0 Å². The Morgan fingerprint density at radius 2 is 1.97 bits per heavy atom. The standard InChI is InChI=1S/C21H27N5O3S2/c1-15-5-2-3-8-20(15)23-21(27)14-25-12-17-9-10-18(13-25)26(17)31(28,29)19-7-4-6-16(11-19)24-30-22/h2-8,17-18H,9-14,22H2,1H3,(H,23,27)/b24-16-. The average Bonchev–Trinajstić information content (AvgIpc) is 3.02. The molecule has 3 N–H and O–H groups in total. The number of nitrogens with two attached hydrogens (primary N) is 1. The molecular weight excluding hydrogens is 434 g/mol. The van der Waals surface area contributed by atoms with E-state index in [2.05, 4.69) is 14.6 Å². The van der Waals surface area contributed by atoms with Crippen molar-refractivity contribution in [3.63, 3.8) is 0 Å². The Hall–Kier alpha value is -1.98. The summed E-state index contributed by atoms with van der Waals surface area (Å²) < 4.78 is 32.5. The van der Waals surface area contributed by atoms with E-state index in [1.807, 2.05) is 31.2 Å². The number of hydrogen-bond donors (Lipinski definition) is 2. The van der Waals surface area contributed by atoms with Crippen LogP contribution in [0.3, 0.4) is 0 Å². The van der Waals surface area contributed by atoms with Crippen molar-refractivity contribution >= 4 is 39.5 Å². The molecule has 1 aromatic carbocycles. The first-order valence-corrected chi connectivity index (χ1v) is 12.6. The lowest BCUT2D eigenvalue weighted by molar-refractivity contribution is -0.117. The summed E-state index contributed by atoms with van der Waals surface area (Å²) in [6.07, 6.45) is 7.00. The van der Waals surface area contributed by atoms with E-state index < -0.39 is 10.0 Å². The third-order valence-electron chi connectivity index (χ3n) is 5.98. The zero-order chi connectivity index (χ0) is 22.0. The highest BCUT2D eigenvalue weighted by Gasteiger charge is 2.47. The predicted octanol–water partition coefficient (Wildman–Crippen LogP) is 2.22. The van der Waals surface area contributed by atoms with Crippen LogP contribution in [-0.4, -0.2) is 61.0 Å². The number of carbonyl (C=O) groups is 1. The summed E-state index contributed by atoms with van der Waals surface area (Å²) in [5, 5.41) is 8.36. The van der Waals surface area contributed by atoms with Crippen molar-refractivity contribution in [1.29, 1.82) is 0 Å². The summed E-state index contributed by atoms with van der Waals surface area (Å²) in [6.45, 7) is 3.32. The average molecular weight is 462 g/mol. The number of para-hydroxylation sites is 1. The van der Waals surface area contributed by atoms with Crippen molar-refractivity contribution < 1.29 is 13.2 Å². The molecule has 8 nitrogen and oxygen atoms in total. The van der Waals surface area contributed by atoms with Gasteiger partial charge in [0.15, 0.2) is 0 Å². The van der Waals surface area contributed by atoms with Gasteiger partial charge in [-0.25, -0.2) is 12.8 Å². The maximum absolute atomic E-state index is 13.4. The van der Waals surface area contributed by atoms with Crippen molar-refractivity contribution in [3.8, 4) is 0 Å². The van der Waals surface area contributed by atoms with E-state index in [0.29, 0.717) is 23.7 Å². The van der Waals surface area contributed by atoms with Crippen molar-refractivity contribution in [1.82, 2.24) is 9.21 Å². The Balaban J connectivity index is 1.42. The number of hydrogen-bond acceptors (Lipinski definition) is 7. The molecule has 2 heterocycles. The molecule has 2 aliphatic heterocycles. The maximum Gasteiger partial charge on any atom is 0.240 e. The van der Waals surface area contributed by atoms with Crippen LogP contribution in [0.1, 0.15) is 24.8 Å². The molecule has 2 unspecified atom stereocenters. The monoisotopic (exact) mass is 461 g/mol. The zero-order valence-electron chi connectivity index (χ0n) is 17.4. The van der Waals surface area contributed by atoms with Gasteiger partial charge in [0.25, 0.3) is 0 Å². The van der Waals surface area contributed by atoms with Gasteiger partial charge < -0.3 is 5.32 Å². The molecular formula is C21H27N5O3S2. The molecule has 2 saturated heterocycles. The smallest absolute Gasteiger partial charge is 0.240 e. The molecule has 2 bridgehead atoms. The van der Waals surface area contributed by atoms with E-state index in [-0.39, 0.29) is 31.0 Å². The molecule has 0 radical (unpaired) electrons. The Morgan fingerprint density at radius 1 is 1.26 bits per heavy atom. The number of benzene rings is 1. The van der Waals surface area contributed by atoms with Gasteiger partial charge in [0.1, 0.15) is 0 Å². The summed E-state index contributed by atoms with van der Waals surface area (Å²) in [5.74, 6) is -0.0785. The molecule has 0 saturated carbocycles. The van der Waals surface area contributed by atoms with Crippen molar-refractivity contribution in [2.45, 2.75) is 38.3 Å². The first-order chi connectivity index (χ1) is 14.9. The van der Waals surface area contributed by atoms with E-state index in [4.69, 9.17) is 5.14 Å². The fourth-order valence-electron chi connectivity index (χ4n) is 4.58. The number of nitrogens with one attached hydrogen (secondary N) is 1. The highest BCUT2D eigenvalue weighted by atomic mass is 32.2. The Labute approximate surface area is 187 Å². The number of fused-ring (bicyclic) bond motifs is 2. The predicted molar refractivity (Wildman–Crippen MR) is 125 cm³/mol. The highest BCUT2D eigenvalue weighted by molar-refractivity contribution is 7.96. The first-order valence-electron chi connectivity index (χ1n) is 10.3. The van der Waals surface area contributed by atoms with E-state index >= 15 is 0 Å². The quantitative estimate of drug-likeness (QED) is 0.629. The lowest BCUT2D eigenvalue weighted by Gasteiger charge is -2.40. The molecule has 0 aromatic heterocycles. The summed E-state index contributed by atoms with van der Waals surface area (Å²) in [6, 6.07) is 7.43. The fraction of sp³-hybridized carbons (Fsp3) is 0.429. The Bertz CT molecular complexity index is 1040. The molecule has 31 heavy (non-hydrogen) atoms. The van der Waals surface area contributed by atoms with Crippen LogP contribution in [0.4, 0.5) is 5.69 Å². The second-order valence-corrected chi connectivity index (χ2v) is 10.4. The first kappa shape index (κ1) is 22.2. The number of carbonyl (C=O) groups excluding carboxylic acids is 1. The fourth-order valence-corrected chi connectivity index (χ4v) is 6.83. The van der Waals surface area contributed by atoms with Crippen molar-refractivity contribution in [3.05, 3.63) is 53.0 Å². The van der Waals surface area contributed by atoms with Gasteiger partial charge in [0, 0.05) is 37.3 Å². The lowest BCUT2D eigenvalue weighted by Crippen LogP contribution is -2.57. The topological polar surface area (TPSA) is 108 Å². The number of sulfonamides is 1. The van der Waals surface area contributed by atoms with Crippen LogP contribution in [-0.2, 0) is 14.8 Å². The molecule has 2 atom stereocenters. The number of rotatable bonds is 6. The Kier molecular flexibility index (Phi) is 6.63. The number of anilines is 1. The minimum absolute atomic E-state index is 0.0785. The zero-order valence-corrected chi connectivity index (χ0v) is 19.0. The minimum Gasteiger partial charge on any atom is -0.325 e. The normalized spacial score (nSPS) is 25.6. The SMILES string of the molecule is Cc1ccccc1NC(=O)CN1CC2CCC(C1)N2S(=O)(=O)C1=CC=C/C(=N/SN)C1. The van der Waals surface area contributed by atoms with Crippen molar-refractivity contribution in [2.24, 2.45) is 9.54 Å². The molecule has 1 amide bonds. The van der Waals surface area contributed by atoms with Crippen LogP contribution in [0.2, 0.25) is 0 Å². The maximum atomic E-state index is 13.4. The lowest BCUT2D eigenvalue weighted by atomic mass is 10.1. The third kappa shape index (κ3) is 4.78. The number of allylic oxidation sites excluding steroid dienone is 4. The van der Waals surface area contributed by atoms with Crippen LogP contribution in [0.5, 0.6) is 0 Å². The van der Waals surface area contributed by atoms with Gasteiger partial charge >= 0.3 is 0 Å². The molecule has 1 aliphatic carbocycles. The van der Waals surface area contributed by atoms with Crippen LogP contribution >= 0.6 is 12.1 Å². The van der Waals surface area contributed by atoms with Crippen LogP contribution in [0, 0.1) is 6.92 Å². The Morgan fingerprint density at radius 3 is 2.65 bits per heavy atom. The van der Waals surface area contributed by atoms with Gasteiger partial charge in [-0.1, -0.05) is 24.3 Å². The van der Waals surface area contributed by atoms with Gasteiger partial charge in [-0.2, -0.15) is 4.31 Å². The van der Waals surface area contributed by atoms with E-state index in [9.17, 15) is 13.2 Å². The van der Waals surface area contributed by atoms with Gasteiger partial charge in [-0.05, 0) is 43.5 Å². The van der Waals surface area contributed by atoms with Crippen molar-refractivity contribution in [2.75, 3.05) is 25.0 Å². The summed E-state index contributed by atoms with van der Waals surface area (Å²) >= 11 is 0.834.